The number of aromatic nitrogens is 2. The number of nitrogens with one attached hydrogen (secondary N) is 3. The van der Waals surface area contributed by atoms with E-state index in [2.05, 4.69) is 37.5 Å². The summed E-state index contributed by atoms with van der Waals surface area (Å²) in [5.41, 5.74) is 4.76. The molecule has 0 unspecified atom stereocenters. The number of hydroxylamine groups is 1. The van der Waals surface area contributed by atoms with Gasteiger partial charge in [-0.05, 0) is 44.0 Å². The van der Waals surface area contributed by atoms with Crippen LogP contribution in [0.15, 0.2) is 48.7 Å². The molecule has 1 atom stereocenters. The van der Waals surface area contributed by atoms with Gasteiger partial charge >= 0.3 is 6.03 Å². The minimum absolute atomic E-state index is 0.0642. The zero-order chi connectivity index (χ0) is 28.7. The molecular formula is C29H36N6O4. The first-order valence-electron chi connectivity index (χ1n) is 12.7. The largest absolute Gasteiger partial charge is 0.490 e. The first-order valence-corrected chi connectivity index (χ1v) is 12.7. The van der Waals surface area contributed by atoms with Crippen molar-refractivity contribution in [3.05, 3.63) is 71.2 Å². The molecule has 0 aliphatic carbocycles. The maximum atomic E-state index is 13.1. The summed E-state index contributed by atoms with van der Waals surface area (Å²) < 4.78 is 7.67. The van der Waals surface area contributed by atoms with Crippen LogP contribution >= 0.6 is 0 Å². The highest BCUT2D eigenvalue weighted by atomic mass is 16.5. The number of nitriles is 1. The smallest absolute Gasteiger partial charge is 0.338 e. The summed E-state index contributed by atoms with van der Waals surface area (Å²) >= 11 is 0. The molecule has 1 aromatic heterocycles. The van der Waals surface area contributed by atoms with Crippen molar-refractivity contribution in [2.75, 3.05) is 6.54 Å². The quantitative estimate of drug-likeness (QED) is 0.242. The number of hydrogen-bond donors (Lipinski definition) is 4. The van der Waals surface area contributed by atoms with E-state index in [4.69, 9.17) is 14.9 Å². The molecule has 3 aromatic rings. The lowest BCUT2D eigenvalue weighted by molar-refractivity contribution is 0.0935. The van der Waals surface area contributed by atoms with Crippen molar-refractivity contribution in [1.82, 2.24) is 25.7 Å². The summed E-state index contributed by atoms with van der Waals surface area (Å²) in [4.78, 5) is 29.5. The van der Waals surface area contributed by atoms with Gasteiger partial charge in [0.15, 0.2) is 0 Å². The Balaban J connectivity index is 1.77. The second-order valence-corrected chi connectivity index (χ2v) is 10.7. The fraction of sp³-hybridized carbons (Fsp3) is 0.379. The highest BCUT2D eigenvalue weighted by Gasteiger charge is 2.21. The van der Waals surface area contributed by atoms with E-state index in [0.717, 1.165) is 22.6 Å². The lowest BCUT2D eigenvalue weighted by atomic mass is 9.96. The van der Waals surface area contributed by atoms with Crippen LogP contribution in [0.5, 0.6) is 5.75 Å². The molecule has 4 N–H and O–H groups in total. The standard InChI is InChI=1S/C29H36N6O4/c1-18(2)39-25-12-11-21(14-22(25)15-30)26(36)32-23(16-31-28(37)34-38)13-19-7-9-20(10-8-19)24-17-35(6)27(33-24)29(3,4)5/h7-12,14,17-18,23,38H,13,16H2,1-6H3,(H,32,36)(H2,31,34,37)/t23-/m0/s1. The molecule has 0 saturated carbocycles. The maximum absolute atomic E-state index is 13.1. The number of ether oxygens (including phenoxy) is 1. The van der Waals surface area contributed by atoms with Crippen LogP contribution < -0.4 is 20.9 Å². The third-order valence-corrected chi connectivity index (χ3v) is 5.95. The molecule has 3 amide bonds. The summed E-state index contributed by atoms with van der Waals surface area (Å²) in [5, 5.41) is 23.8. The molecule has 1 heterocycles. The van der Waals surface area contributed by atoms with Crippen LogP contribution in [0.25, 0.3) is 11.3 Å². The van der Waals surface area contributed by atoms with Gasteiger partial charge in [-0.15, -0.1) is 0 Å². The number of rotatable bonds is 9. The summed E-state index contributed by atoms with van der Waals surface area (Å²) in [6.45, 7) is 10.1. The van der Waals surface area contributed by atoms with Crippen LogP contribution in [0.4, 0.5) is 4.79 Å². The lowest BCUT2D eigenvalue weighted by Gasteiger charge is -2.20. The Labute approximate surface area is 229 Å². The van der Waals surface area contributed by atoms with Gasteiger partial charge in [-0.1, -0.05) is 45.0 Å². The average molecular weight is 533 g/mol. The molecule has 206 valence electrons. The van der Waals surface area contributed by atoms with E-state index in [0.29, 0.717) is 17.7 Å². The predicted molar refractivity (Wildman–Crippen MR) is 148 cm³/mol. The van der Waals surface area contributed by atoms with Gasteiger partial charge in [0.1, 0.15) is 17.6 Å². The summed E-state index contributed by atoms with van der Waals surface area (Å²) in [7, 11) is 1.98. The third-order valence-electron chi connectivity index (χ3n) is 5.95. The normalized spacial score (nSPS) is 12.0. The van der Waals surface area contributed by atoms with Crippen LogP contribution in [0, 0.1) is 11.3 Å². The molecule has 10 heteroatoms. The molecule has 0 aliphatic rings. The van der Waals surface area contributed by atoms with E-state index in [1.807, 2.05) is 55.9 Å². The Hall–Kier alpha value is -4.36. The molecule has 0 fully saturated rings. The Bertz CT molecular complexity index is 1350. The van der Waals surface area contributed by atoms with Gasteiger partial charge in [0.05, 0.1) is 23.4 Å². The van der Waals surface area contributed by atoms with Crippen LogP contribution in [0.1, 0.15) is 61.9 Å². The Morgan fingerprint density at radius 2 is 1.85 bits per heavy atom. The molecule has 10 nitrogen and oxygen atoms in total. The van der Waals surface area contributed by atoms with Crippen molar-refractivity contribution in [1.29, 1.82) is 5.26 Å². The number of carbonyl (C=O) groups is 2. The van der Waals surface area contributed by atoms with Gasteiger partial charge in [-0.2, -0.15) is 5.26 Å². The number of aryl methyl sites for hydroxylation is 1. The van der Waals surface area contributed by atoms with Crippen LogP contribution in [0.2, 0.25) is 0 Å². The Morgan fingerprint density at radius 3 is 2.41 bits per heavy atom. The van der Waals surface area contributed by atoms with E-state index in [1.165, 1.54) is 11.5 Å². The second-order valence-electron chi connectivity index (χ2n) is 10.7. The number of nitrogens with zero attached hydrogens (tertiary/aromatic N) is 3. The van der Waals surface area contributed by atoms with Crippen molar-refractivity contribution in [3.8, 4) is 23.1 Å². The maximum Gasteiger partial charge on any atom is 0.338 e. The summed E-state index contributed by atoms with van der Waals surface area (Å²) in [6.07, 6.45) is 2.30. The minimum Gasteiger partial charge on any atom is -0.490 e. The number of carbonyl (C=O) groups excluding carboxylic acids is 2. The molecular weight excluding hydrogens is 496 g/mol. The molecule has 3 rings (SSSR count). The number of amides is 3. The number of benzene rings is 2. The zero-order valence-corrected chi connectivity index (χ0v) is 23.2. The van der Waals surface area contributed by atoms with Crippen molar-refractivity contribution < 1.29 is 19.5 Å². The van der Waals surface area contributed by atoms with Crippen molar-refractivity contribution in [2.24, 2.45) is 7.05 Å². The third kappa shape index (κ3) is 7.82. The average Bonchev–Trinajstić information content (AvgIpc) is 3.29. The van der Waals surface area contributed by atoms with E-state index in [9.17, 15) is 14.9 Å². The summed E-state index contributed by atoms with van der Waals surface area (Å²) in [6, 6.07) is 13.3. The topological polar surface area (TPSA) is 141 Å². The molecule has 0 radical (unpaired) electrons. The van der Waals surface area contributed by atoms with E-state index >= 15 is 0 Å². The molecule has 39 heavy (non-hydrogen) atoms. The van der Waals surface area contributed by atoms with Gasteiger partial charge in [-0.25, -0.2) is 15.3 Å². The van der Waals surface area contributed by atoms with Gasteiger partial charge < -0.3 is 19.9 Å². The molecule has 0 aliphatic heterocycles. The summed E-state index contributed by atoms with van der Waals surface area (Å²) in [5.74, 6) is 0.990. The Kier molecular flexibility index (Phi) is 9.33. The van der Waals surface area contributed by atoms with Crippen LogP contribution in [0.3, 0.4) is 0 Å². The van der Waals surface area contributed by atoms with Crippen molar-refractivity contribution in [2.45, 2.75) is 58.6 Å². The lowest BCUT2D eigenvalue weighted by Crippen LogP contribution is -2.47. The van der Waals surface area contributed by atoms with E-state index in [-0.39, 0.29) is 23.6 Å². The van der Waals surface area contributed by atoms with Crippen LogP contribution in [-0.2, 0) is 18.9 Å². The Morgan fingerprint density at radius 1 is 1.15 bits per heavy atom. The van der Waals surface area contributed by atoms with E-state index in [1.54, 1.807) is 12.1 Å². The molecule has 0 spiro atoms. The first kappa shape index (κ1) is 29.2. The molecule has 0 bridgehead atoms. The van der Waals surface area contributed by atoms with Gasteiger partial charge in [0.25, 0.3) is 5.91 Å². The fourth-order valence-electron chi connectivity index (χ4n) is 4.21. The SMILES string of the molecule is CC(C)Oc1ccc(C(=O)N[C@H](CNC(=O)NO)Cc2ccc(-c3cn(C)c(C(C)(C)C)n3)cc2)cc1C#N. The highest BCUT2D eigenvalue weighted by Crippen LogP contribution is 2.26. The number of urea groups is 1. The number of hydrogen-bond acceptors (Lipinski definition) is 6. The van der Waals surface area contributed by atoms with E-state index < -0.39 is 18.0 Å². The van der Waals surface area contributed by atoms with Crippen molar-refractivity contribution >= 4 is 11.9 Å². The minimum atomic E-state index is -0.781. The monoisotopic (exact) mass is 532 g/mol. The fourth-order valence-corrected chi connectivity index (χ4v) is 4.21. The van der Waals surface area contributed by atoms with Gasteiger partial charge in [0.2, 0.25) is 0 Å². The van der Waals surface area contributed by atoms with Gasteiger partial charge in [-0.3, -0.25) is 10.0 Å². The predicted octanol–water partition coefficient (Wildman–Crippen LogP) is 4.07. The van der Waals surface area contributed by atoms with Gasteiger partial charge in [0, 0.05) is 36.3 Å². The zero-order valence-electron chi connectivity index (χ0n) is 23.2. The number of imidazole rings is 1. The highest BCUT2D eigenvalue weighted by molar-refractivity contribution is 5.95. The first-order chi connectivity index (χ1) is 18.4. The van der Waals surface area contributed by atoms with Crippen LogP contribution in [-0.4, -0.2) is 45.4 Å². The second kappa shape index (κ2) is 12.5. The molecule has 0 saturated heterocycles. The van der Waals surface area contributed by atoms with Crippen molar-refractivity contribution in [3.63, 3.8) is 0 Å². The molecule has 2 aromatic carbocycles.